The van der Waals surface area contributed by atoms with Crippen LogP contribution in [-0.2, 0) is 0 Å². The molecule has 0 unspecified atom stereocenters. The van der Waals surface area contributed by atoms with Gasteiger partial charge in [0, 0.05) is 23.9 Å². The number of rotatable bonds is 4. The number of hydrogen-bond donors (Lipinski definition) is 0. The van der Waals surface area contributed by atoms with E-state index in [1.54, 1.807) is 12.4 Å². The molecule has 22 heavy (non-hydrogen) atoms. The minimum atomic E-state index is 0.0966. The molecule has 1 aliphatic carbocycles. The lowest BCUT2D eigenvalue weighted by Crippen LogP contribution is -2.23. The monoisotopic (exact) mass is 294 g/mol. The molecule has 2 aromatic rings. The van der Waals surface area contributed by atoms with Gasteiger partial charge in [-0.05, 0) is 43.0 Å². The third-order valence-electron chi connectivity index (χ3n) is 4.74. The van der Waals surface area contributed by atoms with Crippen molar-refractivity contribution in [2.45, 2.75) is 39.0 Å². The zero-order chi connectivity index (χ0) is 15.4. The second-order valence-electron chi connectivity index (χ2n) is 6.20. The highest BCUT2D eigenvalue weighted by Crippen LogP contribution is 2.32. The van der Waals surface area contributed by atoms with E-state index < -0.39 is 0 Å². The van der Waals surface area contributed by atoms with Crippen LogP contribution in [0, 0.1) is 11.8 Å². The molecule has 1 fully saturated rings. The minimum absolute atomic E-state index is 0.0966. The van der Waals surface area contributed by atoms with Gasteiger partial charge in [0.25, 0.3) is 0 Å². The van der Waals surface area contributed by atoms with E-state index in [9.17, 15) is 4.79 Å². The van der Waals surface area contributed by atoms with Gasteiger partial charge in [-0.3, -0.25) is 14.8 Å². The van der Waals surface area contributed by atoms with E-state index >= 15 is 0 Å². The van der Waals surface area contributed by atoms with E-state index in [1.165, 1.54) is 32.1 Å². The quantitative estimate of drug-likeness (QED) is 0.777. The number of pyridine rings is 2. The predicted octanol–water partition coefficient (Wildman–Crippen LogP) is 4.54. The lowest BCUT2D eigenvalue weighted by Gasteiger charge is -2.26. The Labute approximate surface area is 131 Å². The van der Waals surface area contributed by atoms with Crippen molar-refractivity contribution >= 4 is 5.78 Å². The van der Waals surface area contributed by atoms with Gasteiger partial charge in [-0.25, -0.2) is 0 Å². The highest BCUT2D eigenvalue weighted by Gasteiger charge is 2.26. The summed E-state index contributed by atoms with van der Waals surface area (Å²) in [6, 6.07) is 9.44. The van der Waals surface area contributed by atoms with Crippen LogP contribution in [0.2, 0.25) is 0 Å². The van der Waals surface area contributed by atoms with Crippen LogP contribution < -0.4 is 0 Å². The lowest BCUT2D eigenvalue weighted by atomic mass is 9.78. The molecule has 3 rings (SSSR count). The van der Waals surface area contributed by atoms with Crippen molar-refractivity contribution < 1.29 is 4.79 Å². The van der Waals surface area contributed by atoms with Crippen LogP contribution in [-0.4, -0.2) is 15.8 Å². The Morgan fingerprint density at radius 1 is 1.05 bits per heavy atom. The molecule has 2 aromatic heterocycles. The van der Waals surface area contributed by atoms with Crippen molar-refractivity contribution in [1.29, 1.82) is 0 Å². The number of hydrogen-bond acceptors (Lipinski definition) is 3. The maximum absolute atomic E-state index is 12.8. The zero-order valence-corrected chi connectivity index (χ0v) is 13.0. The first-order chi connectivity index (χ1) is 10.8. The molecule has 1 atom stereocenters. The molecule has 0 aromatic carbocycles. The van der Waals surface area contributed by atoms with E-state index in [4.69, 9.17) is 0 Å². The Kier molecular flexibility index (Phi) is 4.62. The number of carbonyl (C=O) groups excluding carboxylic acids is 1. The molecule has 3 nitrogen and oxygen atoms in total. The van der Waals surface area contributed by atoms with Gasteiger partial charge < -0.3 is 0 Å². The van der Waals surface area contributed by atoms with Crippen LogP contribution in [0.15, 0.2) is 42.7 Å². The molecule has 0 N–H and O–H groups in total. The molecule has 0 bridgehead atoms. The topological polar surface area (TPSA) is 42.9 Å². The van der Waals surface area contributed by atoms with Crippen molar-refractivity contribution in [2.24, 2.45) is 11.8 Å². The first kappa shape index (κ1) is 14.9. The largest absolute Gasteiger partial charge is 0.294 e. The lowest BCUT2D eigenvalue weighted by molar-refractivity contribution is 0.0864. The Morgan fingerprint density at radius 2 is 1.82 bits per heavy atom. The van der Waals surface area contributed by atoms with Gasteiger partial charge in [0.05, 0.1) is 11.4 Å². The van der Waals surface area contributed by atoms with Crippen molar-refractivity contribution in [3.8, 4) is 11.4 Å². The molecular formula is C19H22N2O. The Bertz CT molecular complexity index is 633. The summed E-state index contributed by atoms with van der Waals surface area (Å²) in [5.41, 5.74) is 2.33. The summed E-state index contributed by atoms with van der Waals surface area (Å²) in [5.74, 6) is 0.874. The van der Waals surface area contributed by atoms with Crippen LogP contribution in [0.5, 0.6) is 0 Å². The Hall–Kier alpha value is -2.03. The third-order valence-corrected chi connectivity index (χ3v) is 4.74. The molecular weight excluding hydrogens is 272 g/mol. The molecule has 1 saturated carbocycles. The average molecular weight is 294 g/mol. The molecule has 0 saturated heterocycles. The van der Waals surface area contributed by atoms with Crippen molar-refractivity contribution in [3.05, 3.63) is 48.3 Å². The van der Waals surface area contributed by atoms with Crippen molar-refractivity contribution in [3.63, 3.8) is 0 Å². The molecule has 3 heteroatoms. The summed E-state index contributed by atoms with van der Waals surface area (Å²) >= 11 is 0. The van der Waals surface area contributed by atoms with Gasteiger partial charge in [-0.1, -0.05) is 32.3 Å². The molecule has 0 amide bonds. The second kappa shape index (κ2) is 6.82. The van der Waals surface area contributed by atoms with Crippen LogP contribution in [0.25, 0.3) is 11.4 Å². The Balaban J connectivity index is 1.81. The number of ketones is 1. The van der Waals surface area contributed by atoms with Crippen molar-refractivity contribution in [2.75, 3.05) is 0 Å². The SMILES string of the molecule is C[C@@H](C(=O)c1ccnc(-c2ccccn2)c1)C1CCCCC1. The van der Waals surface area contributed by atoms with Gasteiger partial charge in [-0.15, -0.1) is 0 Å². The van der Waals surface area contributed by atoms with Crippen LogP contribution in [0.1, 0.15) is 49.4 Å². The van der Waals surface area contributed by atoms with Crippen molar-refractivity contribution in [1.82, 2.24) is 9.97 Å². The summed E-state index contributed by atoms with van der Waals surface area (Å²) in [6.07, 6.45) is 9.67. The smallest absolute Gasteiger partial charge is 0.166 e. The summed E-state index contributed by atoms with van der Waals surface area (Å²) in [6.45, 7) is 2.08. The van der Waals surface area contributed by atoms with Crippen LogP contribution >= 0.6 is 0 Å². The molecule has 2 heterocycles. The third kappa shape index (κ3) is 3.24. The first-order valence-corrected chi connectivity index (χ1v) is 8.17. The van der Waals surface area contributed by atoms with E-state index in [2.05, 4.69) is 16.9 Å². The maximum atomic E-state index is 12.8. The standard InChI is InChI=1S/C19H22N2O/c1-14(15-7-3-2-4-8-15)19(22)16-10-12-21-18(13-16)17-9-5-6-11-20-17/h5-6,9-15H,2-4,7-8H2,1H3/t14-/m1/s1. The number of nitrogens with zero attached hydrogens (tertiary/aromatic N) is 2. The van der Waals surface area contributed by atoms with Gasteiger partial charge in [0.1, 0.15) is 0 Å². The van der Waals surface area contributed by atoms with E-state index in [0.29, 0.717) is 5.92 Å². The van der Waals surface area contributed by atoms with E-state index in [0.717, 1.165) is 17.0 Å². The molecule has 0 radical (unpaired) electrons. The average Bonchev–Trinajstić information content (AvgIpc) is 2.62. The highest BCUT2D eigenvalue weighted by atomic mass is 16.1. The highest BCUT2D eigenvalue weighted by molar-refractivity contribution is 5.98. The van der Waals surface area contributed by atoms with E-state index in [1.807, 2.05) is 30.3 Å². The molecule has 0 spiro atoms. The fourth-order valence-electron chi connectivity index (χ4n) is 3.35. The minimum Gasteiger partial charge on any atom is -0.294 e. The normalized spacial score (nSPS) is 17.1. The maximum Gasteiger partial charge on any atom is 0.166 e. The van der Waals surface area contributed by atoms with Gasteiger partial charge in [-0.2, -0.15) is 0 Å². The summed E-state index contributed by atoms with van der Waals surface area (Å²) in [7, 11) is 0. The van der Waals surface area contributed by atoms with Gasteiger partial charge in [0.15, 0.2) is 5.78 Å². The molecule has 114 valence electrons. The number of Topliss-reactive ketones (excluding diaryl/α,β-unsaturated/α-hetero) is 1. The zero-order valence-electron chi connectivity index (χ0n) is 13.0. The van der Waals surface area contributed by atoms with Crippen LogP contribution in [0.4, 0.5) is 0 Å². The number of aromatic nitrogens is 2. The van der Waals surface area contributed by atoms with Crippen LogP contribution in [0.3, 0.4) is 0 Å². The van der Waals surface area contributed by atoms with Gasteiger partial charge in [0.2, 0.25) is 0 Å². The summed E-state index contributed by atoms with van der Waals surface area (Å²) in [4.78, 5) is 21.4. The van der Waals surface area contributed by atoms with E-state index in [-0.39, 0.29) is 11.7 Å². The molecule has 0 aliphatic heterocycles. The summed E-state index contributed by atoms with van der Waals surface area (Å²) in [5, 5.41) is 0. The Morgan fingerprint density at radius 3 is 2.55 bits per heavy atom. The fourth-order valence-corrected chi connectivity index (χ4v) is 3.35. The van der Waals surface area contributed by atoms with Gasteiger partial charge >= 0.3 is 0 Å². The molecule has 1 aliphatic rings. The summed E-state index contributed by atoms with van der Waals surface area (Å²) < 4.78 is 0. The first-order valence-electron chi connectivity index (χ1n) is 8.17. The number of carbonyl (C=O) groups is 1. The predicted molar refractivity (Wildman–Crippen MR) is 87.5 cm³/mol. The second-order valence-corrected chi connectivity index (χ2v) is 6.20. The fraction of sp³-hybridized carbons (Fsp3) is 0.421.